The zero-order valence-corrected chi connectivity index (χ0v) is 20.6. The van der Waals surface area contributed by atoms with Crippen molar-refractivity contribution >= 4 is 17.9 Å². The van der Waals surface area contributed by atoms with Gasteiger partial charge in [-0.25, -0.2) is 4.99 Å². The van der Waals surface area contributed by atoms with Crippen molar-refractivity contribution in [3.8, 4) is 0 Å². The number of nitrogens with zero attached hydrogens (tertiary/aromatic N) is 2. The van der Waals surface area contributed by atoms with Crippen LogP contribution in [-0.2, 0) is 0 Å². The predicted octanol–water partition coefficient (Wildman–Crippen LogP) is 7.26. The van der Waals surface area contributed by atoms with Crippen molar-refractivity contribution in [3.05, 3.63) is 12.2 Å². The number of unbranched alkanes of at least 4 members (excludes halogenated alkanes) is 13. The Labute approximate surface area is 192 Å². The first-order valence-electron chi connectivity index (χ1n) is 13.0. The second-order valence-electron chi connectivity index (χ2n) is 9.30. The Hall–Kier alpha value is -0.380. The van der Waals surface area contributed by atoms with Crippen LogP contribution in [-0.4, -0.2) is 54.1 Å². The lowest BCUT2D eigenvalue weighted by Gasteiger charge is -2.32. The Morgan fingerprint density at radius 3 is 2.10 bits per heavy atom. The summed E-state index contributed by atoms with van der Waals surface area (Å²) in [7, 11) is 0. The monoisotopic (exact) mass is 441 g/mol. The van der Waals surface area contributed by atoms with E-state index in [0.717, 1.165) is 62.2 Å². The van der Waals surface area contributed by atoms with Crippen LogP contribution in [0.5, 0.6) is 0 Å². The molecule has 0 bridgehead atoms. The molecule has 4 heteroatoms. The average Bonchev–Trinajstić information content (AvgIpc) is 3.19. The molecule has 3 nitrogen and oxygen atoms in total. The zero-order chi connectivity index (χ0) is 21.8. The molecule has 0 saturated carbocycles. The van der Waals surface area contributed by atoms with Gasteiger partial charge < -0.3 is 5.11 Å². The fourth-order valence-electron chi connectivity index (χ4n) is 4.43. The number of rotatable bonds is 21. The van der Waals surface area contributed by atoms with E-state index in [1.165, 1.54) is 77.0 Å². The molecule has 176 valence electrons. The Morgan fingerprint density at radius 1 is 0.900 bits per heavy atom. The Balaban J connectivity index is 1.96. The van der Waals surface area contributed by atoms with E-state index >= 15 is 0 Å². The van der Waals surface area contributed by atoms with Crippen LogP contribution >= 0.6 is 11.6 Å². The molecule has 0 aromatic carbocycles. The van der Waals surface area contributed by atoms with Gasteiger partial charge in [0, 0.05) is 5.88 Å². The van der Waals surface area contributed by atoms with Crippen LogP contribution in [0.4, 0.5) is 0 Å². The molecule has 1 heterocycles. The van der Waals surface area contributed by atoms with E-state index in [0.29, 0.717) is 0 Å². The normalized spacial score (nSPS) is 19.8. The summed E-state index contributed by atoms with van der Waals surface area (Å²) in [5.41, 5.74) is 0. The summed E-state index contributed by atoms with van der Waals surface area (Å²) in [6.07, 6.45) is 27.1. The van der Waals surface area contributed by atoms with Crippen LogP contribution in [0.1, 0.15) is 110 Å². The van der Waals surface area contributed by atoms with E-state index in [1.807, 2.05) is 0 Å². The van der Waals surface area contributed by atoms with Gasteiger partial charge in [-0.15, -0.1) is 11.6 Å². The highest BCUT2D eigenvalue weighted by Gasteiger charge is 2.31. The van der Waals surface area contributed by atoms with E-state index in [2.05, 4.69) is 30.4 Å². The maximum atomic E-state index is 10.5. The highest BCUT2D eigenvalue weighted by molar-refractivity contribution is 6.17. The third kappa shape index (κ3) is 14.6. The number of hydrogen-bond acceptors (Lipinski definition) is 2. The molecule has 0 radical (unpaired) electrons. The minimum atomic E-state index is -0.274. The maximum Gasteiger partial charge on any atom is 0.185 e. The number of alkyl halides is 1. The van der Waals surface area contributed by atoms with Crippen molar-refractivity contribution in [1.82, 2.24) is 0 Å². The summed E-state index contributed by atoms with van der Waals surface area (Å²) in [5, 5.41) is 10.5. The van der Waals surface area contributed by atoms with Crippen molar-refractivity contribution in [2.45, 2.75) is 116 Å². The minimum absolute atomic E-state index is 0.274. The van der Waals surface area contributed by atoms with Gasteiger partial charge in [-0.3, -0.25) is 4.48 Å². The number of aliphatic imine (C=N–C) groups is 1. The fraction of sp³-hybridized carbons (Fsp3) is 0.885. The molecule has 2 atom stereocenters. The first kappa shape index (κ1) is 27.7. The molecule has 2 unspecified atom stereocenters. The van der Waals surface area contributed by atoms with E-state index in [9.17, 15) is 5.11 Å². The summed E-state index contributed by atoms with van der Waals surface area (Å²) >= 11 is 5.82. The summed E-state index contributed by atoms with van der Waals surface area (Å²) in [4.78, 5) is 4.43. The Morgan fingerprint density at radius 2 is 1.53 bits per heavy atom. The molecular weight excluding hydrogens is 392 g/mol. The molecule has 0 amide bonds. The minimum Gasteiger partial charge on any atom is -0.387 e. The number of quaternary nitrogens is 1. The SMILES string of the molecule is CCCCCCCCCCCCCCC=CCC(O)C[N+]1(CCCCCl)C=NCC1. The van der Waals surface area contributed by atoms with Gasteiger partial charge in [0.2, 0.25) is 0 Å². The van der Waals surface area contributed by atoms with Gasteiger partial charge in [0.05, 0.1) is 13.1 Å². The van der Waals surface area contributed by atoms with Gasteiger partial charge in [-0.1, -0.05) is 89.7 Å². The predicted molar refractivity (Wildman–Crippen MR) is 134 cm³/mol. The molecule has 0 aliphatic carbocycles. The van der Waals surface area contributed by atoms with E-state index in [4.69, 9.17) is 11.6 Å². The lowest BCUT2D eigenvalue weighted by molar-refractivity contribution is -0.832. The number of allylic oxidation sites excluding steroid dienone is 1. The molecule has 0 aromatic heterocycles. The van der Waals surface area contributed by atoms with Crippen LogP contribution < -0.4 is 0 Å². The van der Waals surface area contributed by atoms with Crippen molar-refractivity contribution in [2.75, 3.05) is 32.1 Å². The number of aliphatic hydroxyl groups is 1. The molecule has 0 fully saturated rings. The first-order chi connectivity index (χ1) is 14.7. The van der Waals surface area contributed by atoms with Gasteiger partial charge in [0.25, 0.3) is 0 Å². The number of halogens is 1. The van der Waals surface area contributed by atoms with E-state index < -0.39 is 0 Å². The van der Waals surface area contributed by atoms with Crippen molar-refractivity contribution in [3.63, 3.8) is 0 Å². The first-order valence-corrected chi connectivity index (χ1v) is 13.5. The zero-order valence-electron chi connectivity index (χ0n) is 19.9. The molecule has 1 N–H and O–H groups in total. The third-order valence-corrected chi connectivity index (χ3v) is 6.63. The lowest BCUT2D eigenvalue weighted by Crippen LogP contribution is -2.50. The highest BCUT2D eigenvalue weighted by Crippen LogP contribution is 2.15. The molecule has 1 rings (SSSR count). The third-order valence-electron chi connectivity index (χ3n) is 6.36. The molecular formula is C26H50ClN2O+. The van der Waals surface area contributed by atoms with Gasteiger partial charge in [0.1, 0.15) is 19.2 Å². The summed E-state index contributed by atoms with van der Waals surface area (Å²) in [6.45, 7) is 6.04. The largest absolute Gasteiger partial charge is 0.387 e. The van der Waals surface area contributed by atoms with E-state index in [-0.39, 0.29) is 6.10 Å². The molecule has 1 aliphatic rings. The van der Waals surface area contributed by atoms with Gasteiger partial charge in [-0.05, 0) is 32.1 Å². The number of hydrogen-bond donors (Lipinski definition) is 1. The lowest BCUT2D eigenvalue weighted by atomic mass is 10.0. The Bertz CT molecular complexity index is 441. The molecule has 0 aromatic rings. The second kappa shape index (κ2) is 19.3. The summed E-state index contributed by atoms with van der Waals surface area (Å²) < 4.78 is 0.838. The van der Waals surface area contributed by atoms with E-state index in [1.54, 1.807) is 0 Å². The molecule has 1 aliphatic heterocycles. The molecule has 30 heavy (non-hydrogen) atoms. The standard InChI is InChI=1S/C26H50ClN2O/c1-2-3-4-5-6-7-8-9-10-11-12-13-14-15-16-19-26(30)24-29(22-18-17-20-27)23-21-28-25-29/h15-16,25-26,30H,2-14,17-24H2,1H3/q+1. The van der Waals surface area contributed by atoms with Crippen LogP contribution in [0.15, 0.2) is 17.1 Å². The van der Waals surface area contributed by atoms with Crippen molar-refractivity contribution in [2.24, 2.45) is 4.99 Å². The summed E-state index contributed by atoms with van der Waals surface area (Å²) in [6, 6.07) is 0. The molecule has 0 saturated heterocycles. The van der Waals surface area contributed by atoms with Gasteiger partial charge in [0.15, 0.2) is 6.34 Å². The maximum absolute atomic E-state index is 10.5. The second-order valence-corrected chi connectivity index (χ2v) is 9.68. The van der Waals surface area contributed by atoms with Crippen LogP contribution in [0, 0.1) is 0 Å². The smallest absolute Gasteiger partial charge is 0.185 e. The quantitative estimate of drug-likeness (QED) is 0.0863. The van der Waals surface area contributed by atoms with Gasteiger partial charge in [-0.2, -0.15) is 0 Å². The van der Waals surface area contributed by atoms with Crippen molar-refractivity contribution in [1.29, 1.82) is 0 Å². The van der Waals surface area contributed by atoms with Crippen LogP contribution in [0.2, 0.25) is 0 Å². The van der Waals surface area contributed by atoms with Gasteiger partial charge >= 0.3 is 0 Å². The van der Waals surface area contributed by atoms with Crippen LogP contribution in [0.25, 0.3) is 0 Å². The molecule has 0 spiro atoms. The van der Waals surface area contributed by atoms with Crippen LogP contribution in [0.3, 0.4) is 0 Å². The van der Waals surface area contributed by atoms with Crippen molar-refractivity contribution < 1.29 is 9.59 Å². The number of aliphatic hydroxyl groups excluding tert-OH is 1. The topological polar surface area (TPSA) is 32.6 Å². The average molecular weight is 442 g/mol. The highest BCUT2D eigenvalue weighted by atomic mass is 35.5. The Kier molecular flexibility index (Phi) is 17.8. The fourth-order valence-corrected chi connectivity index (χ4v) is 4.62. The summed E-state index contributed by atoms with van der Waals surface area (Å²) in [5.74, 6) is 0.724.